The lowest BCUT2D eigenvalue weighted by atomic mass is 10.1. The number of hydrogen-bond donors (Lipinski definition) is 1. The monoisotopic (exact) mass is 440 g/mol. The van der Waals surface area contributed by atoms with Crippen molar-refractivity contribution in [3.8, 4) is 11.5 Å². The van der Waals surface area contributed by atoms with Crippen molar-refractivity contribution in [1.29, 1.82) is 0 Å². The van der Waals surface area contributed by atoms with Crippen LogP contribution in [0.1, 0.15) is 28.4 Å². The number of rotatable bonds is 6. The first-order valence-electron chi connectivity index (χ1n) is 9.57. The molecule has 6 nitrogen and oxygen atoms in total. The molecule has 2 heterocycles. The number of aryl methyl sites for hydroxylation is 1. The normalized spacial score (nSPS) is 16.4. The Morgan fingerprint density at radius 1 is 1.20 bits per heavy atom. The number of thiocarbonyl (C=S) groups is 1. The Bertz CT molecular complexity index is 1030. The molecule has 0 aliphatic carbocycles. The topological polar surface area (TPSA) is 67.9 Å². The van der Waals surface area contributed by atoms with Crippen LogP contribution in [0.5, 0.6) is 11.5 Å². The van der Waals surface area contributed by atoms with Crippen LogP contribution in [0.2, 0.25) is 0 Å². The van der Waals surface area contributed by atoms with Gasteiger partial charge in [-0.1, -0.05) is 49.1 Å². The first-order chi connectivity index (χ1) is 14.5. The molecule has 2 aliphatic rings. The summed E-state index contributed by atoms with van der Waals surface area (Å²) >= 11 is 6.61. The minimum Gasteiger partial charge on any atom is -0.454 e. The Morgan fingerprint density at radius 2 is 1.97 bits per heavy atom. The van der Waals surface area contributed by atoms with Gasteiger partial charge in [0, 0.05) is 18.7 Å². The Labute approximate surface area is 184 Å². The molecule has 0 unspecified atom stereocenters. The highest BCUT2D eigenvalue weighted by Gasteiger charge is 2.31. The third-order valence-electron chi connectivity index (χ3n) is 4.81. The molecule has 0 spiro atoms. The van der Waals surface area contributed by atoms with Gasteiger partial charge in [0.1, 0.15) is 4.32 Å². The zero-order valence-electron chi connectivity index (χ0n) is 16.3. The zero-order valence-corrected chi connectivity index (χ0v) is 18.0. The van der Waals surface area contributed by atoms with Crippen molar-refractivity contribution in [3.05, 3.63) is 64.1 Å². The SMILES string of the molecule is CCc1ccc(C(=O)NCCN2C(=O)/C(=C/c3ccc4c(c3)OCO4)SC2=S)cc1. The van der Waals surface area contributed by atoms with E-state index in [-0.39, 0.29) is 18.6 Å². The van der Waals surface area contributed by atoms with E-state index < -0.39 is 0 Å². The number of benzene rings is 2. The number of nitrogens with one attached hydrogen (secondary N) is 1. The van der Waals surface area contributed by atoms with Crippen LogP contribution in [0.15, 0.2) is 47.4 Å². The summed E-state index contributed by atoms with van der Waals surface area (Å²) in [5.74, 6) is 1.02. The summed E-state index contributed by atoms with van der Waals surface area (Å²) in [6.07, 6.45) is 2.71. The molecule has 4 rings (SSSR count). The fourth-order valence-electron chi connectivity index (χ4n) is 3.12. The van der Waals surface area contributed by atoms with Gasteiger partial charge < -0.3 is 14.8 Å². The predicted octanol–water partition coefficient (Wildman–Crippen LogP) is 3.61. The van der Waals surface area contributed by atoms with Gasteiger partial charge in [-0.05, 0) is 47.9 Å². The summed E-state index contributed by atoms with van der Waals surface area (Å²) in [5, 5.41) is 2.85. The molecule has 2 aliphatic heterocycles. The smallest absolute Gasteiger partial charge is 0.266 e. The zero-order chi connectivity index (χ0) is 21.1. The molecular weight excluding hydrogens is 420 g/mol. The van der Waals surface area contributed by atoms with E-state index in [0.29, 0.717) is 39.4 Å². The minimum atomic E-state index is -0.168. The summed E-state index contributed by atoms with van der Waals surface area (Å²) in [6, 6.07) is 13.0. The Hall–Kier alpha value is -2.84. The Morgan fingerprint density at radius 3 is 2.73 bits per heavy atom. The molecule has 0 atom stereocenters. The molecule has 0 bridgehead atoms. The molecule has 2 amide bonds. The van der Waals surface area contributed by atoms with Crippen LogP contribution in [-0.4, -0.2) is 40.9 Å². The molecule has 2 aromatic carbocycles. The molecule has 0 aromatic heterocycles. The van der Waals surface area contributed by atoms with Crippen LogP contribution in [0.3, 0.4) is 0 Å². The number of nitrogens with zero attached hydrogens (tertiary/aromatic N) is 1. The molecule has 1 N–H and O–H groups in total. The van der Waals surface area contributed by atoms with E-state index >= 15 is 0 Å². The maximum atomic E-state index is 12.8. The van der Waals surface area contributed by atoms with Crippen molar-refractivity contribution in [2.75, 3.05) is 19.9 Å². The maximum Gasteiger partial charge on any atom is 0.266 e. The van der Waals surface area contributed by atoms with Crippen LogP contribution in [0, 0.1) is 0 Å². The van der Waals surface area contributed by atoms with Crippen LogP contribution < -0.4 is 14.8 Å². The molecule has 0 saturated carbocycles. The minimum absolute atomic E-state index is 0.163. The first kappa shape index (κ1) is 20.4. The van der Waals surface area contributed by atoms with Gasteiger partial charge in [-0.25, -0.2) is 0 Å². The predicted molar refractivity (Wildman–Crippen MR) is 121 cm³/mol. The summed E-state index contributed by atoms with van der Waals surface area (Å²) in [5.41, 5.74) is 2.61. The fourth-order valence-corrected chi connectivity index (χ4v) is 4.43. The van der Waals surface area contributed by atoms with E-state index in [1.807, 2.05) is 42.5 Å². The van der Waals surface area contributed by atoms with E-state index in [0.717, 1.165) is 12.0 Å². The second kappa shape index (κ2) is 8.89. The van der Waals surface area contributed by atoms with Gasteiger partial charge >= 0.3 is 0 Å². The fraction of sp³-hybridized carbons (Fsp3) is 0.227. The quantitative estimate of drug-likeness (QED) is 0.547. The number of carbonyl (C=O) groups excluding carboxylic acids is 2. The van der Waals surface area contributed by atoms with E-state index in [2.05, 4.69) is 12.2 Å². The molecule has 1 fully saturated rings. The van der Waals surface area contributed by atoms with Gasteiger partial charge in [-0.3, -0.25) is 14.5 Å². The van der Waals surface area contributed by atoms with Crippen LogP contribution in [0.25, 0.3) is 6.08 Å². The molecule has 30 heavy (non-hydrogen) atoms. The first-order valence-corrected chi connectivity index (χ1v) is 10.8. The van der Waals surface area contributed by atoms with Crippen molar-refractivity contribution in [1.82, 2.24) is 10.2 Å². The molecule has 8 heteroatoms. The van der Waals surface area contributed by atoms with Gasteiger partial charge in [0.15, 0.2) is 11.5 Å². The van der Waals surface area contributed by atoms with Crippen LogP contribution in [-0.2, 0) is 11.2 Å². The summed E-state index contributed by atoms with van der Waals surface area (Å²) in [6.45, 7) is 2.91. The third-order valence-corrected chi connectivity index (χ3v) is 6.19. The lowest BCUT2D eigenvalue weighted by Gasteiger charge is -2.15. The summed E-state index contributed by atoms with van der Waals surface area (Å²) in [7, 11) is 0. The van der Waals surface area contributed by atoms with E-state index in [1.54, 1.807) is 6.08 Å². The molecule has 1 saturated heterocycles. The summed E-state index contributed by atoms with van der Waals surface area (Å²) in [4.78, 5) is 27.1. The number of ether oxygens (including phenoxy) is 2. The van der Waals surface area contributed by atoms with Crippen molar-refractivity contribution in [3.63, 3.8) is 0 Å². The second-order valence-electron chi connectivity index (χ2n) is 6.75. The average Bonchev–Trinajstić information content (AvgIpc) is 3.33. The second-order valence-corrected chi connectivity index (χ2v) is 8.43. The highest BCUT2D eigenvalue weighted by molar-refractivity contribution is 8.26. The standard InChI is InChI=1S/C22H20N2O4S2/c1-2-14-3-6-16(7-4-14)20(25)23-9-10-24-21(26)19(30-22(24)29)12-15-5-8-17-18(11-15)28-13-27-17/h3-8,11-12H,2,9-10,13H2,1H3,(H,23,25)/b19-12-. The van der Waals surface area contributed by atoms with E-state index in [4.69, 9.17) is 21.7 Å². The van der Waals surface area contributed by atoms with Crippen LogP contribution in [0.4, 0.5) is 0 Å². The largest absolute Gasteiger partial charge is 0.454 e. The Kier molecular flexibility index (Phi) is 6.06. The maximum absolute atomic E-state index is 12.8. The lowest BCUT2D eigenvalue weighted by Crippen LogP contribution is -2.37. The van der Waals surface area contributed by atoms with Crippen molar-refractivity contribution in [2.45, 2.75) is 13.3 Å². The number of amides is 2. The number of thioether (sulfide) groups is 1. The average molecular weight is 441 g/mol. The molecular formula is C22H20N2O4S2. The van der Waals surface area contributed by atoms with Crippen LogP contribution >= 0.6 is 24.0 Å². The van der Waals surface area contributed by atoms with Gasteiger partial charge in [-0.2, -0.15) is 0 Å². The Balaban J connectivity index is 1.35. The van der Waals surface area contributed by atoms with Crippen molar-refractivity contribution in [2.24, 2.45) is 0 Å². The molecule has 154 valence electrons. The van der Waals surface area contributed by atoms with E-state index in [9.17, 15) is 9.59 Å². The molecule has 0 radical (unpaired) electrons. The third kappa shape index (κ3) is 4.34. The van der Waals surface area contributed by atoms with Crippen molar-refractivity contribution >= 4 is 46.2 Å². The van der Waals surface area contributed by atoms with Gasteiger partial charge in [0.2, 0.25) is 6.79 Å². The highest BCUT2D eigenvalue weighted by Crippen LogP contribution is 2.36. The number of hydrogen-bond acceptors (Lipinski definition) is 6. The van der Waals surface area contributed by atoms with Gasteiger partial charge in [0.05, 0.1) is 4.91 Å². The number of carbonyl (C=O) groups is 2. The summed E-state index contributed by atoms with van der Waals surface area (Å²) < 4.78 is 11.2. The highest BCUT2D eigenvalue weighted by atomic mass is 32.2. The van der Waals surface area contributed by atoms with Gasteiger partial charge in [-0.15, -0.1) is 0 Å². The van der Waals surface area contributed by atoms with Gasteiger partial charge in [0.25, 0.3) is 11.8 Å². The lowest BCUT2D eigenvalue weighted by molar-refractivity contribution is -0.122. The molecule has 2 aromatic rings. The van der Waals surface area contributed by atoms with E-state index in [1.165, 1.54) is 22.2 Å². The number of fused-ring (bicyclic) bond motifs is 1. The van der Waals surface area contributed by atoms with Crippen molar-refractivity contribution < 1.29 is 19.1 Å².